The van der Waals surface area contributed by atoms with Gasteiger partial charge in [-0.05, 0) is 30.5 Å². The van der Waals surface area contributed by atoms with E-state index in [9.17, 15) is 0 Å². The molecule has 0 aliphatic heterocycles. The number of aromatic nitrogens is 2. The molecule has 1 unspecified atom stereocenters. The summed E-state index contributed by atoms with van der Waals surface area (Å²) < 4.78 is 1.80. The average Bonchev–Trinajstić information content (AvgIpc) is 2.67. The van der Waals surface area contributed by atoms with E-state index in [1.165, 1.54) is 0 Å². The molecule has 5 heteroatoms. The quantitative estimate of drug-likeness (QED) is 0.897. The monoisotopic (exact) mass is 292 g/mol. The number of aryl methyl sites for hydroxylation is 1. The van der Waals surface area contributed by atoms with Gasteiger partial charge in [0.15, 0.2) is 0 Å². The van der Waals surface area contributed by atoms with Crippen LogP contribution in [0.1, 0.15) is 44.0 Å². The minimum Gasteiger partial charge on any atom is -0.394 e. The molecular weight excluding hydrogens is 272 g/mol. The minimum atomic E-state index is 0.130. The second-order valence-corrected chi connectivity index (χ2v) is 5.78. The number of benzene rings is 1. The highest BCUT2D eigenvalue weighted by atomic mass is 35.5. The minimum absolute atomic E-state index is 0.130. The van der Waals surface area contributed by atoms with Crippen molar-refractivity contribution >= 4 is 23.1 Å². The first-order chi connectivity index (χ1) is 9.40. The van der Waals surface area contributed by atoms with Crippen LogP contribution in [0.15, 0.2) is 24.3 Å². The molecule has 1 atom stereocenters. The van der Waals surface area contributed by atoms with Gasteiger partial charge in [-0.3, -0.25) is 4.68 Å². The van der Waals surface area contributed by atoms with Crippen LogP contribution in [0.4, 0.5) is 11.5 Å². The van der Waals surface area contributed by atoms with Gasteiger partial charge in [-0.1, -0.05) is 37.6 Å². The third-order valence-corrected chi connectivity index (χ3v) is 3.63. The molecule has 1 heterocycles. The van der Waals surface area contributed by atoms with Crippen LogP contribution in [0.3, 0.4) is 0 Å². The molecule has 4 nitrogen and oxygen atoms in total. The molecule has 0 radical (unpaired) electrons. The highest BCUT2D eigenvalue weighted by molar-refractivity contribution is 6.30. The summed E-state index contributed by atoms with van der Waals surface area (Å²) in [7, 11) is 1.90. The molecule has 108 valence electrons. The first-order valence-corrected chi connectivity index (χ1v) is 7.12. The fraction of sp³-hybridized carbons (Fsp3) is 0.400. The van der Waals surface area contributed by atoms with Gasteiger partial charge < -0.3 is 11.1 Å². The second kappa shape index (κ2) is 5.75. The van der Waals surface area contributed by atoms with Crippen LogP contribution in [0, 0.1) is 0 Å². The summed E-state index contributed by atoms with van der Waals surface area (Å²) in [6.45, 7) is 6.26. The maximum atomic E-state index is 6.19. The molecule has 0 saturated carbocycles. The molecule has 0 aliphatic rings. The van der Waals surface area contributed by atoms with Gasteiger partial charge in [0.25, 0.3) is 0 Å². The Kier molecular flexibility index (Phi) is 4.23. The maximum Gasteiger partial charge on any atom is 0.148 e. The summed E-state index contributed by atoms with van der Waals surface area (Å²) in [5, 5.41) is 8.64. The number of nitrogens with two attached hydrogens (primary N) is 1. The smallest absolute Gasteiger partial charge is 0.148 e. The van der Waals surface area contributed by atoms with Crippen LogP contribution in [0.5, 0.6) is 0 Å². The topological polar surface area (TPSA) is 55.9 Å². The Morgan fingerprint density at radius 1 is 1.20 bits per heavy atom. The number of rotatable bonds is 4. The SMILES string of the molecule is CC(C)c1nn(C)c(NC(C)c2ccc(Cl)cc2)c1N. The highest BCUT2D eigenvalue weighted by Gasteiger charge is 2.17. The van der Waals surface area contributed by atoms with Gasteiger partial charge in [0.05, 0.1) is 17.4 Å². The van der Waals surface area contributed by atoms with Crippen molar-refractivity contribution in [2.45, 2.75) is 32.7 Å². The molecule has 0 amide bonds. The van der Waals surface area contributed by atoms with E-state index in [0.29, 0.717) is 5.92 Å². The van der Waals surface area contributed by atoms with Gasteiger partial charge in [-0.2, -0.15) is 5.10 Å². The van der Waals surface area contributed by atoms with Gasteiger partial charge in [-0.25, -0.2) is 0 Å². The summed E-state index contributed by atoms with van der Waals surface area (Å²) >= 11 is 5.91. The largest absolute Gasteiger partial charge is 0.394 e. The van der Waals surface area contributed by atoms with Crippen molar-refractivity contribution in [2.75, 3.05) is 11.1 Å². The van der Waals surface area contributed by atoms with Gasteiger partial charge in [0.2, 0.25) is 0 Å². The van der Waals surface area contributed by atoms with Crippen LogP contribution in [0.25, 0.3) is 0 Å². The molecule has 0 aliphatic carbocycles. The van der Waals surface area contributed by atoms with Gasteiger partial charge in [-0.15, -0.1) is 0 Å². The summed E-state index contributed by atoms with van der Waals surface area (Å²) in [6.07, 6.45) is 0. The number of hydrogen-bond acceptors (Lipinski definition) is 3. The lowest BCUT2D eigenvalue weighted by molar-refractivity contribution is 0.708. The third kappa shape index (κ3) is 2.90. The van der Waals surface area contributed by atoms with Crippen molar-refractivity contribution in [2.24, 2.45) is 7.05 Å². The lowest BCUT2D eigenvalue weighted by atomic mass is 10.1. The lowest BCUT2D eigenvalue weighted by Crippen LogP contribution is -2.11. The number of halogens is 1. The van der Waals surface area contributed by atoms with Crippen molar-refractivity contribution in [3.05, 3.63) is 40.5 Å². The predicted molar refractivity (Wildman–Crippen MR) is 85.2 cm³/mol. The first kappa shape index (κ1) is 14.7. The Bertz CT molecular complexity index is 587. The lowest BCUT2D eigenvalue weighted by Gasteiger charge is -2.16. The van der Waals surface area contributed by atoms with Crippen molar-refractivity contribution in [3.63, 3.8) is 0 Å². The normalized spacial score (nSPS) is 12.7. The Balaban J connectivity index is 2.23. The molecule has 0 bridgehead atoms. The van der Waals surface area contributed by atoms with Crippen LogP contribution in [-0.2, 0) is 7.05 Å². The van der Waals surface area contributed by atoms with Crippen LogP contribution in [-0.4, -0.2) is 9.78 Å². The molecule has 0 fully saturated rings. The standard InChI is InChI=1S/C15H21ClN4/c1-9(2)14-13(17)15(20(4)19-14)18-10(3)11-5-7-12(16)8-6-11/h5-10,18H,17H2,1-4H3. The Hall–Kier alpha value is -1.68. The average molecular weight is 293 g/mol. The molecule has 0 spiro atoms. The Morgan fingerprint density at radius 2 is 1.80 bits per heavy atom. The number of nitrogens with one attached hydrogen (secondary N) is 1. The number of anilines is 2. The van der Waals surface area contributed by atoms with E-state index in [1.54, 1.807) is 4.68 Å². The van der Waals surface area contributed by atoms with E-state index in [2.05, 4.69) is 31.2 Å². The second-order valence-electron chi connectivity index (χ2n) is 5.34. The van der Waals surface area contributed by atoms with Crippen molar-refractivity contribution in [1.29, 1.82) is 0 Å². The number of nitrogen functional groups attached to an aromatic ring is 1. The van der Waals surface area contributed by atoms with Gasteiger partial charge >= 0.3 is 0 Å². The fourth-order valence-corrected chi connectivity index (χ4v) is 2.32. The van der Waals surface area contributed by atoms with Crippen molar-refractivity contribution < 1.29 is 0 Å². The molecule has 1 aromatic heterocycles. The zero-order valence-corrected chi connectivity index (χ0v) is 13.1. The fourth-order valence-electron chi connectivity index (χ4n) is 2.20. The van der Waals surface area contributed by atoms with Gasteiger partial charge in [0.1, 0.15) is 5.82 Å². The number of hydrogen-bond donors (Lipinski definition) is 2. The molecular formula is C15H21ClN4. The first-order valence-electron chi connectivity index (χ1n) is 6.74. The van der Waals surface area contributed by atoms with E-state index in [4.69, 9.17) is 17.3 Å². The van der Waals surface area contributed by atoms with E-state index < -0.39 is 0 Å². The van der Waals surface area contributed by atoms with Crippen molar-refractivity contribution in [3.8, 4) is 0 Å². The predicted octanol–water partition coefficient (Wildman–Crippen LogP) is 3.95. The zero-order chi connectivity index (χ0) is 14.9. The van der Waals surface area contributed by atoms with Gasteiger partial charge in [0, 0.05) is 12.1 Å². The Labute approximate surface area is 124 Å². The summed E-state index contributed by atoms with van der Waals surface area (Å²) in [6, 6.07) is 7.93. The van der Waals surface area contributed by atoms with Crippen LogP contribution < -0.4 is 11.1 Å². The molecule has 2 rings (SSSR count). The zero-order valence-electron chi connectivity index (χ0n) is 12.3. The third-order valence-electron chi connectivity index (χ3n) is 3.38. The highest BCUT2D eigenvalue weighted by Crippen LogP contribution is 2.30. The molecule has 0 saturated heterocycles. The van der Waals surface area contributed by atoms with Crippen LogP contribution >= 0.6 is 11.6 Å². The van der Waals surface area contributed by atoms with E-state index in [-0.39, 0.29) is 6.04 Å². The molecule has 3 N–H and O–H groups in total. The molecule has 2 aromatic rings. The Morgan fingerprint density at radius 3 is 2.30 bits per heavy atom. The number of nitrogens with zero attached hydrogens (tertiary/aromatic N) is 2. The van der Waals surface area contributed by atoms with Crippen LogP contribution in [0.2, 0.25) is 5.02 Å². The van der Waals surface area contributed by atoms with Crippen molar-refractivity contribution in [1.82, 2.24) is 9.78 Å². The summed E-state index contributed by atoms with van der Waals surface area (Å²) in [4.78, 5) is 0. The van der Waals surface area contributed by atoms with E-state index in [1.807, 2.05) is 31.3 Å². The summed E-state index contributed by atoms with van der Waals surface area (Å²) in [5.41, 5.74) is 9.00. The molecule has 20 heavy (non-hydrogen) atoms. The molecule has 1 aromatic carbocycles. The summed E-state index contributed by atoms with van der Waals surface area (Å²) in [5.74, 6) is 1.17. The van der Waals surface area contributed by atoms with E-state index in [0.717, 1.165) is 27.8 Å². The maximum absolute atomic E-state index is 6.19. The van der Waals surface area contributed by atoms with E-state index >= 15 is 0 Å².